The molecule has 150 valence electrons. The van der Waals surface area contributed by atoms with Crippen molar-refractivity contribution in [3.8, 4) is 0 Å². The van der Waals surface area contributed by atoms with Gasteiger partial charge in [-0.15, -0.1) is 0 Å². The van der Waals surface area contributed by atoms with Gasteiger partial charge in [0, 0.05) is 48.8 Å². The molecule has 0 aliphatic carbocycles. The molecule has 0 unspecified atom stereocenters. The van der Waals surface area contributed by atoms with Crippen molar-refractivity contribution in [3.05, 3.63) is 59.5 Å². The third-order valence-electron chi connectivity index (χ3n) is 5.23. The first-order valence-corrected chi connectivity index (χ1v) is 9.48. The van der Waals surface area contributed by atoms with Gasteiger partial charge in [-0.25, -0.2) is 9.18 Å². The molecule has 29 heavy (non-hydrogen) atoms. The number of nitrogens with zero attached hydrogens (tertiary/aromatic N) is 2. The summed E-state index contributed by atoms with van der Waals surface area (Å²) in [4.78, 5) is 26.1. The second-order valence-corrected chi connectivity index (χ2v) is 7.06. The molecular formula is C21H21FN4O3. The van der Waals surface area contributed by atoms with E-state index in [2.05, 4.69) is 15.8 Å². The first-order chi connectivity index (χ1) is 14.0. The molecule has 4 rings (SSSR count). The summed E-state index contributed by atoms with van der Waals surface area (Å²) in [6.07, 6.45) is 1.48. The fraction of sp³-hybridized carbons (Fsp3) is 0.286. The predicted molar refractivity (Wildman–Crippen MR) is 106 cm³/mol. The summed E-state index contributed by atoms with van der Waals surface area (Å²) >= 11 is 0. The van der Waals surface area contributed by atoms with E-state index >= 15 is 0 Å². The maximum absolute atomic E-state index is 13.3. The van der Waals surface area contributed by atoms with Crippen LogP contribution in [-0.2, 0) is 0 Å². The molecule has 3 aromatic rings. The summed E-state index contributed by atoms with van der Waals surface area (Å²) in [5.74, 6) is -0.406. The number of hydrogen-bond donors (Lipinski definition) is 2. The number of halogens is 1. The van der Waals surface area contributed by atoms with Gasteiger partial charge in [0.15, 0.2) is 5.58 Å². The van der Waals surface area contributed by atoms with Crippen LogP contribution >= 0.6 is 0 Å². The van der Waals surface area contributed by atoms with Gasteiger partial charge in [0.2, 0.25) is 0 Å². The van der Waals surface area contributed by atoms with E-state index in [-0.39, 0.29) is 23.7 Å². The number of rotatable bonds is 3. The molecule has 0 saturated carbocycles. The van der Waals surface area contributed by atoms with Crippen molar-refractivity contribution in [2.24, 2.45) is 0 Å². The zero-order valence-corrected chi connectivity index (χ0v) is 15.9. The van der Waals surface area contributed by atoms with Crippen LogP contribution in [0.2, 0.25) is 0 Å². The van der Waals surface area contributed by atoms with E-state index in [1.165, 1.54) is 12.1 Å². The molecule has 3 amide bonds. The van der Waals surface area contributed by atoms with Gasteiger partial charge in [-0.3, -0.25) is 4.79 Å². The smallest absolute Gasteiger partial charge is 0.321 e. The number of benzene rings is 2. The van der Waals surface area contributed by atoms with Crippen molar-refractivity contribution in [2.45, 2.75) is 18.8 Å². The molecule has 0 atom stereocenters. The first-order valence-electron chi connectivity index (χ1n) is 9.48. The lowest BCUT2D eigenvalue weighted by molar-refractivity contribution is 0.0963. The molecule has 7 nitrogen and oxygen atoms in total. The SMILES string of the molecule is CNC(=O)c1cccc(NC(=O)N2CCC(c3noc4cc(F)ccc34)CC2)c1. The Bertz CT molecular complexity index is 1060. The zero-order chi connectivity index (χ0) is 20.4. The fourth-order valence-electron chi connectivity index (χ4n) is 3.67. The number of urea groups is 1. The Morgan fingerprint density at radius 1 is 1.17 bits per heavy atom. The van der Waals surface area contributed by atoms with E-state index < -0.39 is 0 Å². The Labute approximate surface area is 166 Å². The monoisotopic (exact) mass is 396 g/mol. The topological polar surface area (TPSA) is 87.5 Å². The van der Waals surface area contributed by atoms with E-state index in [0.717, 1.165) is 23.9 Å². The third kappa shape index (κ3) is 3.91. The van der Waals surface area contributed by atoms with Crippen molar-refractivity contribution >= 4 is 28.6 Å². The second-order valence-electron chi connectivity index (χ2n) is 7.06. The van der Waals surface area contributed by atoms with E-state index in [1.54, 1.807) is 42.3 Å². The summed E-state index contributed by atoms with van der Waals surface area (Å²) in [6.45, 7) is 1.14. The van der Waals surface area contributed by atoms with Gasteiger partial charge in [-0.2, -0.15) is 0 Å². The number of aromatic nitrogens is 1. The molecular weight excluding hydrogens is 375 g/mol. The lowest BCUT2D eigenvalue weighted by atomic mass is 9.92. The highest BCUT2D eigenvalue weighted by Crippen LogP contribution is 2.33. The molecule has 0 bridgehead atoms. The number of hydrogen-bond acceptors (Lipinski definition) is 4. The van der Waals surface area contributed by atoms with Crippen LogP contribution in [0.15, 0.2) is 47.0 Å². The molecule has 0 spiro atoms. The highest BCUT2D eigenvalue weighted by molar-refractivity contribution is 5.96. The van der Waals surface area contributed by atoms with Gasteiger partial charge in [0.25, 0.3) is 5.91 Å². The summed E-state index contributed by atoms with van der Waals surface area (Å²) in [5, 5.41) is 10.4. The Kier molecular flexibility index (Phi) is 5.16. The Morgan fingerprint density at radius 3 is 2.72 bits per heavy atom. The van der Waals surface area contributed by atoms with Crippen LogP contribution in [0.5, 0.6) is 0 Å². The fourth-order valence-corrected chi connectivity index (χ4v) is 3.67. The van der Waals surface area contributed by atoms with Crippen LogP contribution in [0.25, 0.3) is 11.0 Å². The number of likely N-dealkylation sites (tertiary alicyclic amines) is 1. The maximum atomic E-state index is 13.3. The van der Waals surface area contributed by atoms with Crippen LogP contribution < -0.4 is 10.6 Å². The minimum absolute atomic E-state index is 0.155. The molecule has 1 aliphatic rings. The van der Waals surface area contributed by atoms with Crippen LogP contribution in [0, 0.1) is 5.82 Å². The predicted octanol–water partition coefficient (Wildman–Crippen LogP) is 3.74. The average Bonchev–Trinajstić information content (AvgIpc) is 3.16. The number of anilines is 1. The number of piperidine rings is 1. The molecule has 1 aliphatic heterocycles. The number of amides is 3. The van der Waals surface area contributed by atoms with Crippen LogP contribution in [0.4, 0.5) is 14.9 Å². The van der Waals surface area contributed by atoms with Crippen molar-refractivity contribution in [1.29, 1.82) is 0 Å². The van der Waals surface area contributed by atoms with Crippen LogP contribution in [-0.4, -0.2) is 42.1 Å². The van der Waals surface area contributed by atoms with Gasteiger partial charge in [0.1, 0.15) is 5.82 Å². The standard InChI is InChI=1S/C21H21FN4O3/c1-23-20(27)14-3-2-4-16(11-14)24-21(28)26-9-7-13(8-10-26)19-17-6-5-15(22)12-18(17)29-25-19/h2-6,11-13H,7-10H2,1H3,(H,23,27)(H,24,28). The first kappa shape index (κ1) is 18.9. The Hall–Kier alpha value is -3.42. The van der Waals surface area contributed by atoms with Crippen molar-refractivity contribution < 1.29 is 18.5 Å². The summed E-state index contributed by atoms with van der Waals surface area (Å²) in [5.41, 5.74) is 2.32. The van der Waals surface area contributed by atoms with Gasteiger partial charge < -0.3 is 20.1 Å². The summed E-state index contributed by atoms with van der Waals surface area (Å²) in [7, 11) is 1.56. The van der Waals surface area contributed by atoms with Gasteiger partial charge >= 0.3 is 6.03 Å². The molecule has 1 fully saturated rings. The maximum Gasteiger partial charge on any atom is 0.321 e. The second kappa shape index (κ2) is 7.90. The zero-order valence-electron chi connectivity index (χ0n) is 15.9. The van der Waals surface area contributed by atoms with E-state index in [0.29, 0.717) is 29.9 Å². The number of carbonyl (C=O) groups is 2. The van der Waals surface area contributed by atoms with Gasteiger partial charge in [0.05, 0.1) is 5.69 Å². The van der Waals surface area contributed by atoms with Gasteiger partial charge in [-0.1, -0.05) is 11.2 Å². The molecule has 2 heterocycles. The number of carbonyl (C=O) groups excluding carboxylic acids is 2. The Balaban J connectivity index is 1.39. The lowest BCUT2D eigenvalue weighted by Crippen LogP contribution is -2.40. The number of nitrogens with one attached hydrogen (secondary N) is 2. The third-order valence-corrected chi connectivity index (χ3v) is 5.23. The quantitative estimate of drug-likeness (QED) is 0.706. The Morgan fingerprint density at radius 2 is 1.97 bits per heavy atom. The van der Waals surface area contributed by atoms with Crippen molar-refractivity contribution in [1.82, 2.24) is 15.4 Å². The summed E-state index contributed by atoms with van der Waals surface area (Å²) < 4.78 is 18.6. The highest BCUT2D eigenvalue weighted by atomic mass is 19.1. The molecule has 2 aromatic carbocycles. The normalized spacial score (nSPS) is 14.8. The average molecular weight is 396 g/mol. The van der Waals surface area contributed by atoms with Crippen LogP contribution in [0.3, 0.4) is 0 Å². The van der Waals surface area contributed by atoms with Crippen LogP contribution in [0.1, 0.15) is 34.8 Å². The molecule has 1 aromatic heterocycles. The lowest BCUT2D eigenvalue weighted by Gasteiger charge is -2.31. The summed E-state index contributed by atoms with van der Waals surface area (Å²) in [6, 6.07) is 11.0. The van der Waals surface area contributed by atoms with E-state index in [9.17, 15) is 14.0 Å². The number of fused-ring (bicyclic) bond motifs is 1. The van der Waals surface area contributed by atoms with Gasteiger partial charge in [-0.05, 0) is 43.2 Å². The van der Waals surface area contributed by atoms with Crippen molar-refractivity contribution in [2.75, 3.05) is 25.5 Å². The van der Waals surface area contributed by atoms with E-state index in [4.69, 9.17) is 4.52 Å². The minimum atomic E-state index is -0.354. The van der Waals surface area contributed by atoms with E-state index in [1.807, 2.05) is 0 Å². The molecule has 1 saturated heterocycles. The molecule has 8 heteroatoms. The highest BCUT2D eigenvalue weighted by Gasteiger charge is 2.27. The minimum Gasteiger partial charge on any atom is -0.356 e. The molecule has 2 N–H and O–H groups in total. The largest absolute Gasteiger partial charge is 0.356 e. The van der Waals surface area contributed by atoms with Crippen molar-refractivity contribution in [3.63, 3.8) is 0 Å². The molecule has 0 radical (unpaired) electrons.